The molecule has 1 unspecified atom stereocenters. The fourth-order valence-corrected chi connectivity index (χ4v) is 4.67. The van der Waals surface area contributed by atoms with E-state index in [0.29, 0.717) is 39.5 Å². The Morgan fingerprint density at radius 2 is 2.00 bits per heavy atom. The van der Waals surface area contributed by atoms with E-state index in [1.54, 1.807) is 30.2 Å². The monoisotopic (exact) mass is 461 g/mol. The first-order valence-corrected chi connectivity index (χ1v) is 11.1. The highest BCUT2D eigenvalue weighted by Gasteiger charge is 2.33. The van der Waals surface area contributed by atoms with Gasteiger partial charge in [0.05, 0.1) is 16.8 Å². The number of para-hydroxylation sites is 2. The lowest BCUT2D eigenvalue weighted by molar-refractivity contribution is -0.127. The Kier molecular flexibility index (Phi) is 6.50. The zero-order valence-corrected chi connectivity index (χ0v) is 19.2. The Labute approximate surface area is 190 Å². The Morgan fingerprint density at radius 1 is 1.23 bits per heavy atom. The molecule has 3 aromatic rings. The molecular formula is C22H24ClN3O4S. The van der Waals surface area contributed by atoms with Crippen LogP contribution in [-0.2, 0) is 4.79 Å². The Bertz CT molecular complexity index is 1090. The van der Waals surface area contributed by atoms with Gasteiger partial charge in [-0.15, -0.1) is 0 Å². The number of methoxy groups -OCH3 is 1. The molecule has 2 aromatic carbocycles. The van der Waals surface area contributed by atoms with Crippen LogP contribution in [0.5, 0.6) is 17.2 Å². The minimum Gasteiger partial charge on any atom is -0.494 e. The van der Waals surface area contributed by atoms with Crippen LogP contribution >= 0.6 is 22.9 Å². The van der Waals surface area contributed by atoms with Gasteiger partial charge in [-0.25, -0.2) is 4.98 Å². The Hall–Kier alpha value is -2.55. The topological polar surface area (TPSA) is 64.1 Å². The molecule has 0 saturated carbocycles. The van der Waals surface area contributed by atoms with Crippen LogP contribution in [0, 0.1) is 0 Å². The maximum Gasteiger partial charge on any atom is 0.273 e. The summed E-state index contributed by atoms with van der Waals surface area (Å²) in [6.45, 7) is 1.48. The third-order valence-electron chi connectivity index (χ3n) is 4.94. The van der Waals surface area contributed by atoms with Gasteiger partial charge in [0.25, 0.3) is 5.91 Å². The van der Waals surface area contributed by atoms with Crippen molar-refractivity contribution < 1.29 is 19.0 Å². The number of fused-ring (bicyclic) bond motifs is 2. The van der Waals surface area contributed by atoms with Crippen molar-refractivity contribution in [3.63, 3.8) is 0 Å². The van der Waals surface area contributed by atoms with E-state index in [9.17, 15) is 4.79 Å². The zero-order chi connectivity index (χ0) is 22.0. The molecule has 1 aliphatic rings. The summed E-state index contributed by atoms with van der Waals surface area (Å²) in [6, 6.07) is 10.9. The minimum atomic E-state index is -0.751. The first-order valence-electron chi connectivity index (χ1n) is 9.95. The standard InChI is InChI=1S/C22H24ClN3O4S/c1-25(2)11-6-12-26(21(27)18-13-29-15-7-4-5-8-16(15)30-18)22-24-19-17(28-3)10-9-14(23)20(19)31-22/h4-5,7-10,18H,6,11-13H2,1-3H3. The van der Waals surface area contributed by atoms with Gasteiger partial charge in [0.2, 0.25) is 6.10 Å². The second-order valence-electron chi connectivity index (χ2n) is 7.43. The van der Waals surface area contributed by atoms with Crippen molar-refractivity contribution in [1.82, 2.24) is 9.88 Å². The highest BCUT2D eigenvalue weighted by atomic mass is 35.5. The summed E-state index contributed by atoms with van der Waals surface area (Å²) in [6.07, 6.45) is 0.0302. The van der Waals surface area contributed by atoms with E-state index in [4.69, 9.17) is 30.8 Å². The Morgan fingerprint density at radius 3 is 2.74 bits per heavy atom. The van der Waals surface area contributed by atoms with Gasteiger partial charge in [-0.1, -0.05) is 35.1 Å². The molecule has 9 heteroatoms. The number of aromatic nitrogens is 1. The molecule has 0 aliphatic carbocycles. The number of thiazole rings is 1. The van der Waals surface area contributed by atoms with Crippen LogP contribution in [0.2, 0.25) is 5.02 Å². The van der Waals surface area contributed by atoms with Crippen LogP contribution in [0.15, 0.2) is 36.4 Å². The van der Waals surface area contributed by atoms with E-state index in [0.717, 1.165) is 17.7 Å². The van der Waals surface area contributed by atoms with Crippen molar-refractivity contribution in [3.8, 4) is 17.2 Å². The molecule has 7 nitrogen and oxygen atoms in total. The summed E-state index contributed by atoms with van der Waals surface area (Å²) in [4.78, 5) is 22.0. The highest BCUT2D eigenvalue weighted by molar-refractivity contribution is 7.23. The van der Waals surface area contributed by atoms with Crippen molar-refractivity contribution in [2.75, 3.05) is 45.8 Å². The van der Waals surface area contributed by atoms with E-state index in [2.05, 4.69) is 4.90 Å². The van der Waals surface area contributed by atoms with Crippen LogP contribution in [0.1, 0.15) is 6.42 Å². The normalized spacial score (nSPS) is 15.3. The molecule has 164 valence electrons. The van der Waals surface area contributed by atoms with Crippen LogP contribution in [-0.4, -0.2) is 62.8 Å². The molecule has 1 aromatic heterocycles. The summed E-state index contributed by atoms with van der Waals surface area (Å²) in [7, 11) is 5.60. The number of nitrogens with zero attached hydrogens (tertiary/aromatic N) is 3. The van der Waals surface area contributed by atoms with Crippen molar-refractivity contribution in [1.29, 1.82) is 0 Å². The largest absolute Gasteiger partial charge is 0.494 e. The molecule has 31 heavy (non-hydrogen) atoms. The summed E-state index contributed by atoms with van der Waals surface area (Å²) in [5.41, 5.74) is 0.645. The SMILES string of the molecule is COc1ccc(Cl)c2sc(N(CCCN(C)C)C(=O)C3COc4ccccc4O3)nc12. The number of carbonyl (C=O) groups excluding carboxylic acids is 1. The highest BCUT2D eigenvalue weighted by Crippen LogP contribution is 2.39. The molecule has 1 atom stereocenters. The molecule has 1 aliphatic heterocycles. The van der Waals surface area contributed by atoms with E-state index >= 15 is 0 Å². The molecule has 0 saturated heterocycles. The lowest BCUT2D eigenvalue weighted by Crippen LogP contribution is -2.47. The van der Waals surface area contributed by atoms with Gasteiger partial charge >= 0.3 is 0 Å². The molecular weight excluding hydrogens is 438 g/mol. The molecule has 4 rings (SSSR count). The molecule has 0 bridgehead atoms. The molecule has 2 heterocycles. The van der Waals surface area contributed by atoms with E-state index in [-0.39, 0.29) is 12.5 Å². The second kappa shape index (κ2) is 9.30. The van der Waals surface area contributed by atoms with Gasteiger partial charge < -0.3 is 19.1 Å². The zero-order valence-electron chi connectivity index (χ0n) is 17.6. The maximum atomic E-state index is 13.5. The number of hydrogen-bond acceptors (Lipinski definition) is 7. The van der Waals surface area contributed by atoms with Crippen LogP contribution in [0.4, 0.5) is 5.13 Å². The third-order valence-corrected chi connectivity index (χ3v) is 6.47. The number of benzene rings is 2. The fraction of sp³-hybridized carbons (Fsp3) is 0.364. The number of amides is 1. The van der Waals surface area contributed by atoms with Gasteiger partial charge in [-0.05, 0) is 51.3 Å². The minimum absolute atomic E-state index is 0.148. The number of ether oxygens (including phenoxy) is 3. The van der Waals surface area contributed by atoms with Crippen LogP contribution < -0.4 is 19.1 Å². The molecule has 0 fully saturated rings. The molecule has 0 spiro atoms. The van der Waals surface area contributed by atoms with E-state index in [1.807, 2.05) is 32.3 Å². The molecule has 0 N–H and O–H groups in total. The Balaban J connectivity index is 1.65. The van der Waals surface area contributed by atoms with Crippen molar-refractivity contribution in [3.05, 3.63) is 41.4 Å². The number of halogens is 1. The lowest BCUT2D eigenvalue weighted by Gasteiger charge is -2.29. The summed E-state index contributed by atoms with van der Waals surface area (Å²) in [5.74, 6) is 1.63. The van der Waals surface area contributed by atoms with Crippen LogP contribution in [0.25, 0.3) is 10.2 Å². The number of anilines is 1. The fourth-order valence-electron chi connectivity index (χ4n) is 3.38. The van der Waals surface area contributed by atoms with Gasteiger partial charge in [0, 0.05) is 6.54 Å². The van der Waals surface area contributed by atoms with Gasteiger partial charge in [-0.3, -0.25) is 9.69 Å². The van der Waals surface area contributed by atoms with Crippen molar-refractivity contribution in [2.24, 2.45) is 0 Å². The van der Waals surface area contributed by atoms with E-state index < -0.39 is 6.10 Å². The first kappa shape index (κ1) is 21.7. The predicted molar refractivity (Wildman–Crippen MR) is 123 cm³/mol. The van der Waals surface area contributed by atoms with Crippen molar-refractivity contribution >= 4 is 44.2 Å². The van der Waals surface area contributed by atoms with Gasteiger partial charge in [-0.2, -0.15) is 0 Å². The van der Waals surface area contributed by atoms with Crippen LogP contribution in [0.3, 0.4) is 0 Å². The average molecular weight is 462 g/mol. The molecule has 0 radical (unpaired) electrons. The predicted octanol–water partition coefficient (Wildman–Crippen LogP) is 4.08. The molecule has 1 amide bonds. The summed E-state index contributed by atoms with van der Waals surface area (Å²) >= 11 is 7.76. The third kappa shape index (κ3) is 4.56. The quantitative estimate of drug-likeness (QED) is 0.528. The number of hydrogen-bond donors (Lipinski definition) is 0. The van der Waals surface area contributed by atoms with Gasteiger partial charge in [0.1, 0.15) is 17.9 Å². The summed E-state index contributed by atoms with van der Waals surface area (Å²) in [5, 5.41) is 1.14. The maximum absolute atomic E-state index is 13.5. The smallest absolute Gasteiger partial charge is 0.273 e. The lowest BCUT2D eigenvalue weighted by atomic mass is 10.2. The second-order valence-corrected chi connectivity index (χ2v) is 8.82. The van der Waals surface area contributed by atoms with E-state index in [1.165, 1.54) is 11.3 Å². The van der Waals surface area contributed by atoms with Crippen molar-refractivity contribution in [2.45, 2.75) is 12.5 Å². The summed E-state index contributed by atoms with van der Waals surface area (Å²) < 4.78 is 17.9. The number of carbonyl (C=O) groups is 1. The average Bonchev–Trinajstić information content (AvgIpc) is 3.22. The first-order chi connectivity index (χ1) is 15.0. The number of rotatable bonds is 7. The van der Waals surface area contributed by atoms with Gasteiger partial charge in [0.15, 0.2) is 16.6 Å².